The number of hydrogen-bond donors (Lipinski definition) is 9. The van der Waals surface area contributed by atoms with Crippen molar-refractivity contribution in [1.82, 2.24) is 30.7 Å². The predicted octanol–water partition coefficient (Wildman–Crippen LogP) is -5.75. The topological polar surface area (TPSA) is 349 Å². The number of nitrogens with zero attached hydrogens (tertiary/aromatic N) is 3. The van der Waals surface area contributed by atoms with Gasteiger partial charge in [-0.1, -0.05) is 6.92 Å². The Hall–Kier alpha value is -5.79. The van der Waals surface area contributed by atoms with Gasteiger partial charge in [-0.25, -0.2) is 43.5 Å². The lowest BCUT2D eigenvalue weighted by atomic mass is 9.88. The minimum atomic E-state index is -1.95. The zero-order valence-corrected chi connectivity index (χ0v) is 26.2. The molecule has 0 aromatic rings. The Morgan fingerprint density at radius 1 is 0.549 bits per heavy atom. The summed E-state index contributed by atoms with van der Waals surface area (Å²) < 4.78 is 15.3. The van der Waals surface area contributed by atoms with Crippen molar-refractivity contribution in [3.05, 3.63) is 36.5 Å². The number of urea groups is 3. The predicted molar refractivity (Wildman–Crippen MR) is 155 cm³/mol. The largest absolute Gasteiger partial charge is 0.462 e. The summed E-state index contributed by atoms with van der Waals surface area (Å²) in [7, 11) is 0. The first-order valence-electron chi connectivity index (χ1n) is 14.5. The Balaban J connectivity index is 1.68. The van der Waals surface area contributed by atoms with Crippen molar-refractivity contribution >= 4 is 53.7 Å². The van der Waals surface area contributed by atoms with Crippen LogP contribution in [0.3, 0.4) is 0 Å². The number of rotatable bonds is 13. The molecule has 0 aromatic heterocycles. The average molecular weight is 729 g/mol. The molecular weight excluding hydrogens is 696 g/mol. The van der Waals surface area contributed by atoms with E-state index in [0.717, 1.165) is 0 Å². The van der Waals surface area contributed by atoms with Crippen LogP contribution in [0.15, 0.2) is 36.5 Å². The summed E-state index contributed by atoms with van der Waals surface area (Å²) in [5, 5.41) is 63.1. The van der Waals surface area contributed by atoms with Crippen LogP contribution in [0, 0.1) is 5.41 Å². The van der Waals surface area contributed by atoms with E-state index < -0.39 is 116 Å². The van der Waals surface area contributed by atoms with E-state index in [2.05, 4.69) is 0 Å². The fraction of sp³-hybridized carbons (Fsp3) is 0.444. The molecule has 0 spiro atoms. The fourth-order valence-electron chi connectivity index (χ4n) is 4.19. The number of nitrogens with one attached hydrogen (secondary N) is 3. The molecule has 3 fully saturated rings. The minimum absolute atomic E-state index is 0.0805. The van der Waals surface area contributed by atoms with E-state index in [-0.39, 0.29) is 21.1 Å². The second kappa shape index (κ2) is 16.7. The van der Waals surface area contributed by atoms with Crippen LogP contribution in [0.1, 0.15) is 13.3 Å². The first-order valence-corrected chi connectivity index (χ1v) is 14.5. The fourth-order valence-corrected chi connectivity index (χ4v) is 4.19. The Morgan fingerprint density at radius 3 is 1.00 bits per heavy atom. The molecule has 3 aliphatic heterocycles. The van der Waals surface area contributed by atoms with E-state index in [1.807, 2.05) is 16.0 Å². The number of hydrogen-bond acceptors (Lipinski definition) is 18. The molecule has 0 aliphatic carbocycles. The molecular formula is C27H32N6O18. The van der Waals surface area contributed by atoms with E-state index in [0.29, 0.717) is 36.5 Å². The van der Waals surface area contributed by atoms with Crippen molar-refractivity contribution in [3.63, 3.8) is 0 Å². The van der Waals surface area contributed by atoms with Crippen LogP contribution < -0.4 is 16.0 Å². The van der Waals surface area contributed by atoms with Crippen molar-refractivity contribution in [2.45, 2.75) is 50.7 Å². The third kappa shape index (κ3) is 9.68. The molecule has 24 heteroatoms. The molecule has 3 rings (SSSR count). The number of amides is 9. The van der Waals surface area contributed by atoms with Gasteiger partial charge in [0, 0.05) is 36.5 Å². The lowest BCUT2D eigenvalue weighted by molar-refractivity contribution is -0.156. The van der Waals surface area contributed by atoms with Gasteiger partial charge in [0.15, 0.2) is 37.4 Å². The van der Waals surface area contributed by atoms with Gasteiger partial charge in [0.2, 0.25) is 0 Å². The van der Waals surface area contributed by atoms with Crippen molar-refractivity contribution in [2.24, 2.45) is 5.41 Å². The summed E-state index contributed by atoms with van der Waals surface area (Å²) >= 11 is 0. The normalized spacial score (nSPS) is 25.9. The Bertz CT molecular complexity index is 1370. The van der Waals surface area contributed by atoms with Crippen molar-refractivity contribution in [3.8, 4) is 0 Å². The van der Waals surface area contributed by atoms with Gasteiger partial charge in [0.1, 0.15) is 19.8 Å². The van der Waals surface area contributed by atoms with Gasteiger partial charge in [-0.15, -0.1) is 0 Å². The molecule has 3 saturated heterocycles. The Morgan fingerprint density at radius 2 is 0.804 bits per heavy atom. The molecule has 278 valence electrons. The highest BCUT2D eigenvalue weighted by Gasteiger charge is 2.42. The number of carbonyl (C=O) groups excluding carboxylic acids is 9. The molecule has 0 bridgehead atoms. The summed E-state index contributed by atoms with van der Waals surface area (Å²) in [6.45, 7) is -0.624. The van der Waals surface area contributed by atoms with E-state index in [1.54, 1.807) is 0 Å². The molecule has 6 atom stereocenters. The van der Waals surface area contributed by atoms with Gasteiger partial charge in [-0.2, -0.15) is 0 Å². The summed E-state index contributed by atoms with van der Waals surface area (Å²) in [6.07, 6.45) is -8.03. The third-order valence-electron chi connectivity index (χ3n) is 7.22. The lowest BCUT2D eigenvalue weighted by Crippen LogP contribution is -2.40. The standard InChI is InChI=1S/C27H32N6O18/c1-2-27(9-49-15(37)6-3-12(34)31-21(43)18(40)28-24(31)46,10-50-16(38)7-4-13(35)32-22(44)19(41)29-25(32)47)11-51-17(39)8-5-14(36)33-23(45)20(42)30-26(33)48/h3-8,18-23,40-45H,2,9-11H2,1H3,(H,28,46)(H,29,47)(H,30,48)/b6-3-,7-4-,8-5-. The van der Waals surface area contributed by atoms with Crippen molar-refractivity contribution in [2.75, 3.05) is 19.8 Å². The Labute approximate surface area is 285 Å². The van der Waals surface area contributed by atoms with E-state index in [1.165, 1.54) is 6.92 Å². The SMILES string of the molecule is CCC(COC(=O)/C=C\C(=O)N1C(=O)NC(O)C1O)(COC(=O)/C=C\C(=O)N1C(=O)NC(O)C1O)COC(=O)/C=C\C(=O)N1C(=O)NC(O)C1O. The maximum absolute atomic E-state index is 12.4. The van der Waals surface area contributed by atoms with Crippen LogP contribution in [-0.4, -0.2) is 156 Å². The lowest BCUT2D eigenvalue weighted by Gasteiger charge is -2.30. The molecule has 9 amide bonds. The molecule has 0 radical (unpaired) electrons. The van der Waals surface area contributed by atoms with Gasteiger partial charge in [0.05, 0.1) is 5.41 Å². The van der Waals surface area contributed by atoms with Crippen LogP contribution in [0.5, 0.6) is 0 Å². The van der Waals surface area contributed by atoms with E-state index in [9.17, 15) is 73.8 Å². The first-order chi connectivity index (χ1) is 23.9. The molecule has 0 saturated carbocycles. The number of aliphatic hydroxyl groups excluding tert-OH is 6. The van der Waals surface area contributed by atoms with Gasteiger partial charge in [-0.3, -0.25) is 14.4 Å². The highest BCUT2D eigenvalue weighted by atomic mass is 16.6. The quantitative estimate of drug-likeness (QED) is 0.0484. The summed E-state index contributed by atoms with van der Waals surface area (Å²) in [4.78, 5) is 110. The number of carbonyl (C=O) groups is 9. The average Bonchev–Trinajstić information content (AvgIpc) is 3.61. The highest BCUT2D eigenvalue weighted by molar-refractivity contribution is 6.05. The van der Waals surface area contributed by atoms with Crippen molar-refractivity contribution < 1.29 is 88.0 Å². The third-order valence-corrected chi connectivity index (χ3v) is 7.22. The van der Waals surface area contributed by atoms with E-state index >= 15 is 0 Å². The van der Waals surface area contributed by atoms with Crippen LogP contribution >= 0.6 is 0 Å². The molecule has 51 heavy (non-hydrogen) atoms. The zero-order chi connectivity index (χ0) is 38.2. The summed E-state index contributed by atoms with van der Waals surface area (Å²) in [5.41, 5.74) is -1.58. The highest BCUT2D eigenvalue weighted by Crippen LogP contribution is 2.25. The van der Waals surface area contributed by atoms with Crippen LogP contribution in [0.25, 0.3) is 0 Å². The van der Waals surface area contributed by atoms with Gasteiger partial charge < -0.3 is 60.8 Å². The minimum Gasteiger partial charge on any atom is -0.462 e. The molecule has 6 unspecified atom stereocenters. The molecule has 9 N–H and O–H groups in total. The van der Waals surface area contributed by atoms with Crippen LogP contribution in [0.2, 0.25) is 0 Å². The number of ether oxygens (including phenoxy) is 3. The first kappa shape index (κ1) is 39.6. The monoisotopic (exact) mass is 728 g/mol. The molecule has 3 heterocycles. The molecule has 3 aliphatic rings. The van der Waals surface area contributed by atoms with Gasteiger partial charge >= 0.3 is 36.0 Å². The maximum Gasteiger partial charge on any atom is 0.330 e. The summed E-state index contributed by atoms with van der Waals surface area (Å²) in [5.74, 6) is -7.33. The Kier molecular flexibility index (Phi) is 13.0. The summed E-state index contributed by atoms with van der Waals surface area (Å²) in [6, 6.07) is -3.48. The van der Waals surface area contributed by atoms with Crippen LogP contribution in [0.4, 0.5) is 14.4 Å². The molecule has 24 nitrogen and oxygen atoms in total. The number of imide groups is 3. The van der Waals surface area contributed by atoms with Gasteiger partial charge in [-0.05, 0) is 6.42 Å². The van der Waals surface area contributed by atoms with Gasteiger partial charge in [0.25, 0.3) is 17.7 Å². The number of esters is 3. The second-order valence-corrected chi connectivity index (χ2v) is 10.7. The van der Waals surface area contributed by atoms with E-state index in [4.69, 9.17) is 14.2 Å². The smallest absolute Gasteiger partial charge is 0.330 e. The zero-order valence-electron chi connectivity index (χ0n) is 26.2. The van der Waals surface area contributed by atoms with Crippen molar-refractivity contribution in [1.29, 1.82) is 0 Å². The van der Waals surface area contributed by atoms with Crippen LogP contribution in [-0.2, 0) is 43.0 Å². The number of aliphatic hydroxyl groups is 6. The molecule has 0 aromatic carbocycles. The second-order valence-electron chi connectivity index (χ2n) is 10.7. The maximum atomic E-state index is 12.4.